The minimum Gasteiger partial charge on any atom is -0.493 e. The summed E-state index contributed by atoms with van der Waals surface area (Å²) in [6, 6.07) is 9.90. The molecule has 138 valence electrons. The molecule has 2 rings (SSSR count). The van der Waals surface area contributed by atoms with E-state index in [-0.39, 0.29) is 17.2 Å². The van der Waals surface area contributed by atoms with Crippen LogP contribution in [-0.4, -0.2) is 39.7 Å². The molecule has 0 atom stereocenters. The van der Waals surface area contributed by atoms with Crippen LogP contribution in [0.1, 0.15) is 27.6 Å². The van der Waals surface area contributed by atoms with Crippen LogP contribution in [0.2, 0.25) is 0 Å². The van der Waals surface area contributed by atoms with Crippen molar-refractivity contribution >= 4 is 17.5 Å². The number of carbonyl (C=O) groups excluding carboxylic acids is 2. The maximum atomic E-state index is 12.7. The molecule has 0 fully saturated rings. The molecule has 0 heterocycles. The van der Waals surface area contributed by atoms with Crippen LogP contribution in [0.25, 0.3) is 0 Å². The number of hydrogen-bond donors (Lipinski definition) is 2. The van der Waals surface area contributed by atoms with Crippen LogP contribution in [0.15, 0.2) is 36.4 Å². The molecule has 7 heteroatoms. The van der Waals surface area contributed by atoms with E-state index in [9.17, 15) is 9.59 Å². The molecule has 0 saturated carbocycles. The average molecular weight is 358 g/mol. The molecule has 2 amide bonds. The molecule has 7 nitrogen and oxygen atoms in total. The maximum absolute atomic E-state index is 12.7. The summed E-state index contributed by atoms with van der Waals surface area (Å²) in [6.07, 6.45) is 0. The van der Waals surface area contributed by atoms with Crippen molar-refractivity contribution < 1.29 is 23.8 Å². The minimum atomic E-state index is -0.393. The lowest BCUT2D eigenvalue weighted by Gasteiger charge is -2.15. The first-order chi connectivity index (χ1) is 12.5. The predicted octanol–water partition coefficient (Wildman–Crippen LogP) is 2.71. The lowest BCUT2D eigenvalue weighted by molar-refractivity contribution is 0.0954. The van der Waals surface area contributed by atoms with Gasteiger partial charge in [-0.3, -0.25) is 9.59 Å². The number of anilines is 1. The first kappa shape index (κ1) is 19.1. The fourth-order valence-corrected chi connectivity index (χ4v) is 2.48. The van der Waals surface area contributed by atoms with Gasteiger partial charge >= 0.3 is 0 Å². The van der Waals surface area contributed by atoms with E-state index in [4.69, 9.17) is 14.2 Å². The van der Waals surface area contributed by atoms with Gasteiger partial charge in [0.15, 0.2) is 11.5 Å². The monoisotopic (exact) mass is 358 g/mol. The second kappa shape index (κ2) is 8.75. The zero-order chi connectivity index (χ0) is 19.1. The molecule has 0 aliphatic carbocycles. The van der Waals surface area contributed by atoms with Gasteiger partial charge in [-0.1, -0.05) is 6.07 Å². The van der Waals surface area contributed by atoms with E-state index in [2.05, 4.69) is 10.6 Å². The van der Waals surface area contributed by atoms with Crippen LogP contribution in [0.5, 0.6) is 17.2 Å². The second-order valence-corrected chi connectivity index (χ2v) is 5.28. The van der Waals surface area contributed by atoms with Crippen molar-refractivity contribution in [3.63, 3.8) is 0 Å². The largest absolute Gasteiger partial charge is 0.493 e. The summed E-state index contributed by atoms with van der Waals surface area (Å²) in [4.78, 5) is 24.6. The van der Waals surface area contributed by atoms with Crippen molar-refractivity contribution in [2.75, 3.05) is 33.2 Å². The molecule has 0 radical (unpaired) electrons. The van der Waals surface area contributed by atoms with Gasteiger partial charge in [-0.25, -0.2) is 0 Å². The fourth-order valence-electron chi connectivity index (χ4n) is 2.48. The molecule has 26 heavy (non-hydrogen) atoms. The highest BCUT2D eigenvalue weighted by molar-refractivity contribution is 6.07. The Morgan fingerprint density at radius 2 is 1.65 bits per heavy atom. The number of ether oxygens (including phenoxy) is 3. The van der Waals surface area contributed by atoms with E-state index in [0.717, 1.165) is 0 Å². The number of benzene rings is 2. The van der Waals surface area contributed by atoms with Gasteiger partial charge in [0.05, 0.1) is 26.9 Å². The Morgan fingerprint density at radius 3 is 2.27 bits per heavy atom. The third-order valence-corrected chi connectivity index (χ3v) is 3.67. The van der Waals surface area contributed by atoms with Gasteiger partial charge in [-0.05, 0) is 37.3 Å². The van der Waals surface area contributed by atoms with Crippen molar-refractivity contribution in [1.29, 1.82) is 0 Å². The zero-order valence-corrected chi connectivity index (χ0v) is 15.2. The molecule has 0 spiro atoms. The van der Waals surface area contributed by atoms with E-state index in [1.54, 1.807) is 36.4 Å². The Labute approximate surface area is 152 Å². The number of nitrogens with one attached hydrogen (secondary N) is 2. The highest BCUT2D eigenvalue weighted by Crippen LogP contribution is 2.39. The molecular weight excluding hydrogens is 336 g/mol. The van der Waals surface area contributed by atoms with Gasteiger partial charge in [-0.15, -0.1) is 0 Å². The van der Waals surface area contributed by atoms with E-state index in [1.165, 1.54) is 21.3 Å². The third kappa shape index (κ3) is 4.05. The summed E-state index contributed by atoms with van der Waals surface area (Å²) < 4.78 is 15.8. The van der Waals surface area contributed by atoms with E-state index in [0.29, 0.717) is 29.3 Å². The third-order valence-electron chi connectivity index (χ3n) is 3.67. The van der Waals surface area contributed by atoms with Crippen LogP contribution in [-0.2, 0) is 0 Å². The zero-order valence-electron chi connectivity index (χ0n) is 15.2. The summed E-state index contributed by atoms with van der Waals surface area (Å²) in [5, 5.41) is 5.48. The van der Waals surface area contributed by atoms with E-state index < -0.39 is 5.91 Å². The Hall–Kier alpha value is -3.22. The standard InChI is InChI=1S/C19H22N2O5/c1-5-20-18(22)12-7-6-8-13(11-12)21-19(23)14-9-10-15(24-2)17(26-4)16(14)25-3/h6-11H,5H2,1-4H3,(H,20,22)(H,21,23). The molecule has 0 unspecified atom stereocenters. The summed E-state index contributed by atoms with van der Waals surface area (Å²) in [5.74, 6) is 0.463. The SMILES string of the molecule is CCNC(=O)c1cccc(NC(=O)c2ccc(OC)c(OC)c2OC)c1. The van der Waals surface area contributed by atoms with Gasteiger partial charge < -0.3 is 24.8 Å². The van der Waals surface area contributed by atoms with Gasteiger partial charge in [0.2, 0.25) is 5.75 Å². The Balaban J connectivity index is 2.31. The number of hydrogen-bond acceptors (Lipinski definition) is 5. The molecule has 0 aromatic heterocycles. The molecule has 0 bridgehead atoms. The van der Waals surface area contributed by atoms with Crippen molar-refractivity contribution in [2.24, 2.45) is 0 Å². The Morgan fingerprint density at radius 1 is 0.923 bits per heavy atom. The van der Waals surface area contributed by atoms with Crippen LogP contribution in [0.3, 0.4) is 0 Å². The summed E-state index contributed by atoms with van der Waals surface area (Å²) in [7, 11) is 4.42. The lowest BCUT2D eigenvalue weighted by Crippen LogP contribution is -2.22. The van der Waals surface area contributed by atoms with Gasteiger partial charge in [-0.2, -0.15) is 0 Å². The van der Waals surface area contributed by atoms with Gasteiger partial charge in [0, 0.05) is 17.8 Å². The molecule has 0 saturated heterocycles. The summed E-state index contributed by atoms with van der Waals surface area (Å²) in [6.45, 7) is 2.37. The average Bonchev–Trinajstić information content (AvgIpc) is 2.66. The number of rotatable bonds is 7. The second-order valence-electron chi connectivity index (χ2n) is 5.28. The van der Waals surface area contributed by atoms with Crippen LogP contribution in [0, 0.1) is 0 Å². The smallest absolute Gasteiger partial charge is 0.259 e. The van der Waals surface area contributed by atoms with E-state index in [1.807, 2.05) is 6.92 Å². The number of carbonyl (C=O) groups is 2. The Bertz CT molecular complexity index is 805. The van der Waals surface area contributed by atoms with Crippen LogP contribution < -0.4 is 24.8 Å². The summed E-state index contributed by atoms with van der Waals surface area (Å²) >= 11 is 0. The maximum Gasteiger partial charge on any atom is 0.259 e. The van der Waals surface area contributed by atoms with E-state index >= 15 is 0 Å². The van der Waals surface area contributed by atoms with Crippen molar-refractivity contribution in [2.45, 2.75) is 6.92 Å². The first-order valence-electron chi connectivity index (χ1n) is 8.04. The topological polar surface area (TPSA) is 85.9 Å². The Kier molecular flexibility index (Phi) is 6.43. The quantitative estimate of drug-likeness (QED) is 0.795. The molecule has 2 N–H and O–H groups in total. The molecule has 0 aliphatic heterocycles. The normalized spacial score (nSPS) is 10.0. The van der Waals surface area contributed by atoms with Crippen molar-refractivity contribution in [3.05, 3.63) is 47.5 Å². The van der Waals surface area contributed by atoms with Crippen molar-refractivity contribution in [1.82, 2.24) is 5.32 Å². The first-order valence-corrected chi connectivity index (χ1v) is 8.04. The van der Waals surface area contributed by atoms with Gasteiger partial charge in [0.25, 0.3) is 11.8 Å². The van der Waals surface area contributed by atoms with Crippen LogP contribution >= 0.6 is 0 Å². The molecule has 2 aromatic rings. The molecule has 0 aliphatic rings. The van der Waals surface area contributed by atoms with Gasteiger partial charge in [0.1, 0.15) is 0 Å². The van der Waals surface area contributed by atoms with Crippen LogP contribution in [0.4, 0.5) is 5.69 Å². The van der Waals surface area contributed by atoms with Crippen molar-refractivity contribution in [3.8, 4) is 17.2 Å². The molecular formula is C19H22N2O5. The lowest BCUT2D eigenvalue weighted by atomic mass is 10.1. The minimum absolute atomic E-state index is 0.202. The fraction of sp³-hybridized carbons (Fsp3) is 0.263. The predicted molar refractivity (Wildman–Crippen MR) is 98.5 cm³/mol. The number of amides is 2. The highest BCUT2D eigenvalue weighted by atomic mass is 16.5. The number of methoxy groups -OCH3 is 3. The summed E-state index contributed by atoms with van der Waals surface area (Å²) in [5.41, 5.74) is 1.24. The highest BCUT2D eigenvalue weighted by Gasteiger charge is 2.21. The molecule has 2 aromatic carbocycles.